The molecule has 4 nitrogen and oxygen atoms in total. The van der Waals surface area contributed by atoms with Gasteiger partial charge in [0.15, 0.2) is 0 Å². The van der Waals surface area contributed by atoms with E-state index in [1.54, 1.807) is 6.07 Å². The van der Waals surface area contributed by atoms with E-state index in [-0.39, 0.29) is 10.6 Å². The van der Waals surface area contributed by atoms with E-state index in [2.05, 4.69) is 27.8 Å². The van der Waals surface area contributed by atoms with Crippen molar-refractivity contribution < 1.29 is 4.92 Å². The maximum atomic E-state index is 11.0. The molecule has 0 aliphatic carbocycles. The van der Waals surface area contributed by atoms with Gasteiger partial charge in [0.2, 0.25) is 0 Å². The third kappa shape index (κ3) is 3.32. The highest BCUT2D eigenvalue weighted by atomic mass is 79.9. The summed E-state index contributed by atoms with van der Waals surface area (Å²) in [6, 6.07) is 6.10. The van der Waals surface area contributed by atoms with Gasteiger partial charge in [-0.05, 0) is 37.8 Å². The third-order valence-electron chi connectivity index (χ3n) is 3.98. The molecular formula is C15H21BrN2O2. The van der Waals surface area contributed by atoms with Crippen LogP contribution in [-0.4, -0.2) is 17.5 Å². The van der Waals surface area contributed by atoms with E-state index in [1.165, 1.54) is 32.1 Å². The molecule has 20 heavy (non-hydrogen) atoms. The van der Waals surface area contributed by atoms with Crippen LogP contribution in [-0.2, 0) is 5.33 Å². The molecule has 1 unspecified atom stereocenters. The van der Waals surface area contributed by atoms with Gasteiger partial charge in [0.25, 0.3) is 5.69 Å². The zero-order chi connectivity index (χ0) is 14.5. The van der Waals surface area contributed by atoms with Crippen molar-refractivity contribution in [2.24, 2.45) is 0 Å². The lowest BCUT2D eigenvalue weighted by molar-refractivity contribution is -0.385. The predicted molar refractivity (Wildman–Crippen MR) is 85.6 cm³/mol. The van der Waals surface area contributed by atoms with E-state index in [4.69, 9.17) is 0 Å². The summed E-state index contributed by atoms with van der Waals surface area (Å²) in [5, 5.41) is 11.5. The predicted octanol–water partition coefficient (Wildman–Crippen LogP) is 4.65. The van der Waals surface area contributed by atoms with Crippen molar-refractivity contribution in [3.8, 4) is 0 Å². The maximum absolute atomic E-state index is 11.0. The average Bonchev–Trinajstić information content (AvgIpc) is 2.47. The second kappa shape index (κ2) is 7.07. The highest BCUT2D eigenvalue weighted by molar-refractivity contribution is 9.08. The molecule has 5 heteroatoms. The molecule has 1 saturated heterocycles. The molecule has 0 amide bonds. The molecule has 0 aromatic heterocycles. The smallest absolute Gasteiger partial charge is 0.273 e. The number of hydrogen-bond acceptors (Lipinski definition) is 3. The summed E-state index contributed by atoms with van der Waals surface area (Å²) in [6.07, 6.45) is 6.11. The minimum atomic E-state index is -0.305. The lowest BCUT2D eigenvalue weighted by atomic mass is 9.97. The van der Waals surface area contributed by atoms with E-state index in [0.717, 1.165) is 17.8 Å². The monoisotopic (exact) mass is 340 g/mol. The third-order valence-corrected chi connectivity index (χ3v) is 4.59. The summed E-state index contributed by atoms with van der Waals surface area (Å²) in [7, 11) is 0. The Kier molecular flexibility index (Phi) is 5.40. The first-order valence-electron chi connectivity index (χ1n) is 7.27. The van der Waals surface area contributed by atoms with E-state index < -0.39 is 0 Å². The zero-order valence-corrected chi connectivity index (χ0v) is 13.4. The largest absolute Gasteiger partial charge is 0.369 e. The number of nitrogens with zero attached hydrogens (tertiary/aromatic N) is 2. The Morgan fingerprint density at radius 1 is 1.45 bits per heavy atom. The van der Waals surface area contributed by atoms with Gasteiger partial charge in [-0.1, -0.05) is 29.3 Å². The van der Waals surface area contributed by atoms with Gasteiger partial charge in [-0.25, -0.2) is 0 Å². The topological polar surface area (TPSA) is 46.4 Å². The van der Waals surface area contributed by atoms with E-state index in [0.29, 0.717) is 11.4 Å². The fourth-order valence-corrected chi connectivity index (χ4v) is 3.46. The summed E-state index contributed by atoms with van der Waals surface area (Å²) < 4.78 is 0. The fraction of sp³-hybridized carbons (Fsp3) is 0.600. The summed E-state index contributed by atoms with van der Waals surface area (Å²) >= 11 is 3.36. The lowest BCUT2D eigenvalue weighted by Gasteiger charge is -2.37. The normalized spacial score (nSPS) is 19.1. The molecule has 110 valence electrons. The van der Waals surface area contributed by atoms with Crippen LogP contribution in [0.2, 0.25) is 0 Å². The Bertz CT molecular complexity index is 477. The van der Waals surface area contributed by atoms with Crippen LogP contribution in [0.3, 0.4) is 0 Å². The van der Waals surface area contributed by atoms with E-state index >= 15 is 0 Å². The summed E-state index contributed by atoms with van der Waals surface area (Å²) in [5.74, 6) is 0. The zero-order valence-electron chi connectivity index (χ0n) is 11.8. The molecule has 1 aromatic rings. The van der Waals surface area contributed by atoms with Crippen LogP contribution in [0.5, 0.6) is 0 Å². The second-order valence-corrected chi connectivity index (χ2v) is 5.90. The van der Waals surface area contributed by atoms with E-state index in [1.807, 2.05) is 12.1 Å². The number of piperidine rings is 1. The first-order valence-corrected chi connectivity index (χ1v) is 8.39. The summed E-state index contributed by atoms with van der Waals surface area (Å²) in [4.78, 5) is 13.1. The number of hydrogen-bond donors (Lipinski definition) is 0. The van der Waals surface area contributed by atoms with Crippen LogP contribution in [0, 0.1) is 10.1 Å². The Morgan fingerprint density at radius 3 is 2.90 bits per heavy atom. The molecule has 1 aromatic carbocycles. The number of benzene rings is 1. The van der Waals surface area contributed by atoms with Crippen LogP contribution >= 0.6 is 15.9 Å². The van der Waals surface area contributed by atoms with Crippen molar-refractivity contribution in [2.45, 2.75) is 50.4 Å². The molecule has 0 bridgehead atoms. The first kappa shape index (κ1) is 15.3. The van der Waals surface area contributed by atoms with Gasteiger partial charge in [-0.15, -0.1) is 0 Å². The molecule has 0 spiro atoms. The van der Waals surface area contributed by atoms with Crippen LogP contribution in [0.15, 0.2) is 18.2 Å². The minimum Gasteiger partial charge on any atom is -0.369 e. The van der Waals surface area contributed by atoms with Gasteiger partial charge in [0.05, 0.1) is 4.92 Å². The molecule has 1 heterocycles. The first-order chi connectivity index (χ1) is 9.67. The van der Waals surface area contributed by atoms with Gasteiger partial charge in [0.1, 0.15) is 0 Å². The number of nitro groups is 1. The SMILES string of the molecule is CCCC1CCCCN1c1ccc([N+](=O)[O-])c(CBr)c1. The lowest BCUT2D eigenvalue weighted by Crippen LogP contribution is -2.39. The van der Waals surface area contributed by atoms with Crippen molar-refractivity contribution in [2.75, 3.05) is 11.4 Å². The number of anilines is 1. The minimum absolute atomic E-state index is 0.203. The quantitative estimate of drug-likeness (QED) is 0.445. The average molecular weight is 341 g/mol. The number of alkyl halides is 1. The standard InChI is InChI=1S/C15H21BrN2O2/c1-2-5-13-6-3-4-9-17(13)14-7-8-15(18(19)20)12(10-14)11-16/h7-8,10,13H,2-6,9,11H2,1H3. The highest BCUT2D eigenvalue weighted by Crippen LogP contribution is 2.31. The van der Waals surface area contributed by atoms with Gasteiger partial charge in [-0.3, -0.25) is 10.1 Å². The number of nitro benzene ring substituents is 1. The molecule has 2 rings (SSSR count). The van der Waals surface area contributed by atoms with Crippen molar-refractivity contribution in [1.29, 1.82) is 0 Å². The second-order valence-electron chi connectivity index (χ2n) is 5.34. The molecule has 0 radical (unpaired) electrons. The highest BCUT2D eigenvalue weighted by Gasteiger charge is 2.23. The Morgan fingerprint density at radius 2 is 2.25 bits per heavy atom. The molecule has 1 fully saturated rings. The molecule has 0 saturated carbocycles. The van der Waals surface area contributed by atoms with Gasteiger partial charge >= 0.3 is 0 Å². The molecular weight excluding hydrogens is 320 g/mol. The molecule has 1 aliphatic rings. The van der Waals surface area contributed by atoms with Gasteiger partial charge in [-0.2, -0.15) is 0 Å². The Labute approximate surface area is 128 Å². The Hall–Kier alpha value is -1.10. The van der Waals surface area contributed by atoms with Crippen LogP contribution < -0.4 is 4.90 Å². The van der Waals surface area contributed by atoms with Crippen molar-refractivity contribution >= 4 is 27.3 Å². The summed E-state index contributed by atoms with van der Waals surface area (Å²) in [6.45, 7) is 3.27. The molecule has 1 aliphatic heterocycles. The number of halogens is 1. The van der Waals surface area contributed by atoms with Gasteiger partial charge < -0.3 is 4.90 Å². The Balaban J connectivity index is 2.28. The molecule has 1 atom stereocenters. The van der Waals surface area contributed by atoms with Crippen LogP contribution in [0.4, 0.5) is 11.4 Å². The van der Waals surface area contributed by atoms with Crippen molar-refractivity contribution in [3.63, 3.8) is 0 Å². The summed E-state index contributed by atoms with van der Waals surface area (Å²) in [5.41, 5.74) is 2.09. The van der Waals surface area contributed by atoms with Crippen molar-refractivity contribution in [1.82, 2.24) is 0 Å². The van der Waals surface area contributed by atoms with Crippen LogP contribution in [0.25, 0.3) is 0 Å². The molecule has 0 N–H and O–H groups in total. The number of rotatable bonds is 5. The van der Waals surface area contributed by atoms with Crippen LogP contribution in [0.1, 0.15) is 44.6 Å². The van der Waals surface area contributed by atoms with E-state index in [9.17, 15) is 10.1 Å². The fourth-order valence-electron chi connectivity index (χ4n) is 3.01. The van der Waals surface area contributed by atoms with Crippen molar-refractivity contribution in [3.05, 3.63) is 33.9 Å². The maximum Gasteiger partial charge on any atom is 0.273 e. The van der Waals surface area contributed by atoms with Gasteiger partial charge in [0, 0.05) is 35.2 Å².